The molecule has 0 amide bonds. The zero-order chi connectivity index (χ0) is 12.9. The first-order valence-corrected chi connectivity index (χ1v) is 6.44. The lowest BCUT2D eigenvalue weighted by molar-refractivity contribution is 0.0410. The maximum absolute atomic E-state index is 12.5. The molecule has 1 fully saturated rings. The first-order valence-electron chi connectivity index (χ1n) is 6.06. The molecule has 96 valence electrons. The molecular weight excluding hydrogens is 252 g/mol. The Hall–Kier alpha value is -1.13. The standard InChI is InChI=1S/C13H15ClN2O2/c1-13(2)10-7-18-4-3-16(10)9-5-8(14)6-15-11(9)12(13)17/h5-6,10H,3-4,7H2,1-2H3/t10-/m1/s1. The zero-order valence-electron chi connectivity index (χ0n) is 10.4. The maximum Gasteiger partial charge on any atom is 0.191 e. The van der Waals surface area contributed by atoms with Crippen LogP contribution in [0.5, 0.6) is 0 Å². The SMILES string of the molecule is CC1(C)C(=O)c2ncc(Cl)cc2N2CCOC[C@@H]21. The maximum atomic E-state index is 12.5. The summed E-state index contributed by atoms with van der Waals surface area (Å²) in [7, 11) is 0. The number of nitrogens with zero attached hydrogens (tertiary/aromatic N) is 2. The largest absolute Gasteiger partial charge is 0.377 e. The Bertz CT molecular complexity index is 516. The lowest BCUT2D eigenvalue weighted by Gasteiger charge is -2.48. The Morgan fingerprint density at radius 2 is 2.33 bits per heavy atom. The van der Waals surface area contributed by atoms with Crippen LogP contribution in [0.2, 0.25) is 5.02 Å². The summed E-state index contributed by atoms with van der Waals surface area (Å²) in [4.78, 5) is 18.9. The van der Waals surface area contributed by atoms with Crippen LogP contribution in [0.3, 0.4) is 0 Å². The van der Waals surface area contributed by atoms with Gasteiger partial charge in [0.15, 0.2) is 5.78 Å². The Labute approximate surface area is 111 Å². The molecule has 5 heteroatoms. The van der Waals surface area contributed by atoms with E-state index in [1.165, 1.54) is 6.20 Å². The van der Waals surface area contributed by atoms with E-state index in [4.69, 9.17) is 16.3 Å². The summed E-state index contributed by atoms with van der Waals surface area (Å²) in [5.74, 6) is 0.0703. The lowest BCUT2D eigenvalue weighted by Crippen LogP contribution is -2.59. The van der Waals surface area contributed by atoms with Crippen molar-refractivity contribution in [2.24, 2.45) is 5.41 Å². The van der Waals surface area contributed by atoms with Gasteiger partial charge in [0.05, 0.1) is 35.4 Å². The molecule has 1 aromatic heterocycles. The molecule has 1 atom stereocenters. The van der Waals surface area contributed by atoms with Gasteiger partial charge >= 0.3 is 0 Å². The number of carbonyl (C=O) groups excluding carboxylic acids is 1. The van der Waals surface area contributed by atoms with Gasteiger partial charge in [0.2, 0.25) is 0 Å². The van der Waals surface area contributed by atoms with E-state index in [1.807, 2.05) is 19.9 Å². The molecule has 0 N–H and O–H groups in total. The number of ether oxygens (including phenoxy) is 1. The Morgan fingerprint density at radius 3 is 3.11 bits per heavy atom. The van der Waals surface area contributed by atoms with Crippen LogP contribution in [0.4, 0.5) is 5.69 Å². The Morgan fingerprint density at radius 1 is 1.56 bits per heavy atom. The number of Topliss-reactive ketones (excluding diaryl/α,β-unsaturated/α-hetero) is 1. The highest BCUT2D eigenvalue weighted by Crippen LogP contribution is 2.41. The number of ketones is 1. The predicted molar refractivity (Wildman–Crippen MR) is 69.3 cm³/mol. The van der Waals surface area contributed by atoms with Crippen LogP contribution in [0.25, 0.3) is 0 Å². The summed E-state index contributed by atoms with van der Waals surface area (Å²) < 4.78 is 5.52. The van der Waals surface area contributed by atoms with E-state index in [9.17, 15) is 4.79 Å². The molecule has 18 heavy (non-hydrogen) atoms. The molecule has 3 rings (SSSR count). The van der Waals surface area contributed by atoms with E-state index >= 15 is 0 Å². The number of hydrogen-bond acceptors (Lipinski definition) is 4. The van der Waals surface area contributed by atoms with Crippen molar-refractivity contribution in [3.8, 4) is 0 Å². The summed E-state index contributed by atoms with van der Waals surface area (Å²) in [6, 6.07) is 1.89. The number of halogens is 1. The summed E-state index contributed by atoms with van der Waals surface area (Å²) in [5.41, 5.74) is 0.900. The molecular formula is C13H15ClN2O2. The van der Waals surface area contributed by atoms with Crippen LogP contribution < -0.4 is 4.90 Å². The van der Waals surface area contributed by atoms with Gasteiger partial charge in [-0.2, -0.15) is 0 Å². The van der Waals surface area contributed by atoms with Crippen molar-refractivity contribution in [1.29, 1.82) is 0 Å². The number of rotatable bonds is 0. The second-order valence-electron chi connectivity index (χ2n) is 5.36. The Kier molecular flexibility index (Phi) is 2.61. The molecule has 0 spiro atoms. The van der Waals surface area contributed by atoms with Crippen molar-refractivity contribution in [3.63, 3.8) is 0 Å². The van der Waals surface area contributed by atoms with Crippen LogP contribution in [0.1, 0.15) is 24.3 Å². The fourth-order valence-corrected chi connectivity index (χ4v) is 2.92. The molecule has 1 aromatic rings. The minimum Gasteiger partial charge on any atom is -0.377 e. The summed E-state index contributed by atoms with van der Waals surface area (Å²) in [6.07, 6.45) is 1.54. The second kappa shape index (κ2) is 3.93. The Balaban J connectivity index is 2.18. The van der Waals surface area contributed by atoms with E-state index in [2.05, 4.69) is 9.88 Å². The molecule has 0 aliphatic carbocycles. The molecule has 0 saturated carbocycles. The molecule has 2 aliphatic rings. The topological polar surface area (TPSA) is 42.4 Å². The minimum atomic E-state index is -0.478. The molecule has 1 saturated heterocycles. The molecule has 0 radical (unpaired) electrons. The van der Waals surface area contributed by atoms with Gasteiger partial charge < -0.3 is 9.64 Å². The average molecular weight is 267 g/mol. The fourth-order valence-electron chi connectivity index (χ4n) is 2.77. The lowest BCUT2D eigenvalue weighted by atomic mass is 9.74. The van der Waals surface area contributed by atoms with E-state index in [0.29, 0.717) is 23.9 Å². The number of hydrogen-bond donors (Lipinski definition) is 0. The van der Waals surface area contributed by atoms with Crippen molar-refractivity contribution >= 4 is 23.1 Å². The van der Waals surface area contributed by atoms with Crippen LogP contribution in [-0.4, -0.2) is 36.6 Å². The summed E-state index contributed by atoms with van der Waals surface area (Å²) in [6.45, 7) is 5.94. The van der Waals surface area contributed by atoms with Crippen molar-refractivity contribution < 1.29 is 9.53 Å². The first kappa shape index (κ1) is 11.9. The molecule has 4 nitrogen and oxygen atoms in total. The highest BCUT2D eigenvalue weighted by Gasteiger charge is 2.48. The third-order valence-corrected chi connectivity index (χ3v) is 4.11. The van der Waals surface area contributed by atoms with Gasteiger partial charge in [-0.05, 0) is 6.07 Å². The van der Waals surface area contributed by atoms with Crippen molar-refractivity contribution in [1.82, 2.24) is 4.98 Å². The number of anilines is 1. The monoisotopic (exact) mass is 266 g/mol. The normalized spacial score (nSPS) is 25.6. The number of aromatic nitrogens is 1. The van der Waals surface area contributed by atoms with Gasteiger partial charge in [0, 0.05) is 12.7 Å². The molecule has 0 unspecified atom stereocenters. The van der Waals surface area contributed by atoms with E-state index < -0.39 is 5.41 Å². The van der Waals surface area contributed by atoms with Crippen LogP contribution in [0, 0.1) is 5.41 Å². The van der Waals surface area contributed by atoms with Gasteiger partial charge in [-0.25, -0.2) is 4.98 Å². The molecule has 0 aromatic carbocycles. The number of fused-ring (bicyclic) bond motifs is 3. The van der Waals surface area contributed by atoms with Crippen molar-refractivity contribution in [3.05, 3.63) is 23.0 Å². The molecule has 3 heterocycles. The third kappa shape index (κ3) is 1.56. The third-order valence-electron chi connectivity index (χ3n) is 3.91. The highest BCUT2D eigenvalue weighted by atomic mass is 35.5. The van der Waals surface area contributed by atoms with Crippen LogP contribution in [-0.2, 0) is 4.74 Å². The van der Waals surface area contributed by atoms with Crippen LogP contribution in [0.15, 0.2) is 12.3 Å². The zero-order valence-corrected chi connectivity index (χ0v) is 11.2. The molecule has 0 bridgehead atoms. The number of pyridine rings is 1. The van der Waals surface area contributed by atoms with Gasteiger partial charge in [0.1, 0.15) is 5.69 Å². The van der Waals surface area contributed by atoms with Crippen molar-refractivity contribution in [2.75, 3.05) is 24.7 Å². The first-order chi connectivity index (χ1) is 8.51. The second-order valence-corrected chi connectivity index (χ2v) is 5.79. The quantitative estimate of drug-likeness (QED) is 0.722. The predicted octanol–water partition coefficient (Wildman–Crippen LogP) is 2.16. The van der Waals surface area contributed by atoms with Crippen molar-refractivity contribution in [2.45, 2.75) is 19.9 Å². The average Bonchev–Trinajstić information content (AvgIpc) is 2.36. The smallest absolute Gasteiger partial charge is 0.191 e. The van der Waals surface area contributed by atoms with Gasteiger partial charge in [-0.15, -0.1) is 0 Å². The summed E-state index contributed by atoms with van der Waals surface area (Å²) >= 11 is 5.99. The fraction of sp³-hybridized carbons (Fsp3) is 0.538. The van der Waals surface area contributed by atoms with Gasteiger partial charge in [-0.1, -0.05) is 25.4 Å². The van der Waals surface area contributed by atoms with E-state index in [1.54, 1.807) is 0 Å². The molecule has 2 aliphatic heterocycles. The number of carbonyl (C=O) groups is 1. The summed E-state index contributed by atoms with van der Waals surface area (Å²) in [5, 5.41) is 0.562. The van der Waals surface area contributed by atoms with E-state index in [-0.39, 0.29) is 11.8 Å². The van der Waals surface area contributed by atoms with Gasteiger partial charge in [-0.3, -0.25) is 4.79 Å². The minimum absolute atomic E-state index is 0.0616. The van der Waals surface area contributed by atoms with Gasteiger partial charge in [0.25, 0.3) is 0 Å². The van der Waals surface area contributed by atoms with E-state index in [0.717, 1.165) is 12.2 Å². The number of morpholine rings is 1. The highest BCUT2D eigenvalue weighted by molar-refractivity contribution is 6.31. The van der Waals surface area contributed by atoms with Crippen LogP contribution >= 0.6 is 11.6 Å².